The fourth-order valence-corrected chi connectivity index (χ4v) is 1.96. The molecular weight excluding hydrogens is 230 g/mol. The van der Waals surface area contributed by atoms with Crippen molar-refractivity contribution in [2.75, 3.05) is 20.3 Å². The minimum Gasteiger partial charge on any atom is -0.496 e. The van der Waals surface area contributed by atoms with Crippen molar-refractivity contribution in [2.24, 2.45) is 5.41 Å². The van der Waals surface area contributed by atoms with Crippen LogP contribution in [0.4, 0.5) is 0 Å². The number of carbonyl (C=O) groups excluding carboxylic acids is 1. The van der Waals surface area contributed by atoms with Crippen molar-refractivity contribution in [1.82, 2.24) is 0 Å². The topological polar surface area (TPSA) is 59.3 Å². The van der Waals surface area contributed by atoms with Gasteiger partial charge in [-0.1, -0.05) is 13.0 Å². The summed E-state index contributed by atoms with van der Waals surface area (Å²) in [7, 11) is 1.52. The van der Waals surface area contributed by atoms with Crippen molar-refractivity contribution in [3.8, 4) is 11.8 Å². The van der Waals surface area contributed by atoms with Gasteiger partial charge in [0.25, 0.3) is 0 Å². The van der Waals surface area contributed by atoms with Gasteiger partial charge < -0.3 is 9.47 Å². The summed E-state index contributed by atoms with van der Waals surface area (Å²) in [6.45, 7) is 2.35. The zero-order chi connectivity index (χ0) is 13.2. The Kier molecular flexibility index (Phi) is 3.35. The summed E-state index contributed by atoms with van der Waals surface area (Å²) in [6, 6.07) is 7.57. The van der Waals surface area contributed by atoms with Crippen LogP contribution >= 0.6 is 0 Å². The first-order valence-electron chi connectivity index (χ1n) is 5.87. The molecule has 1 heterocycles. The Morgan fingerprint density at radius 1 is 1.56 bits per heavy atom. The van der Waals surface area contributed by atoms with Crippen LogP contribution in [0.3, 0.4) is 0 Å². The van der Waals surface area contributed by atoms with E-state index in [1.807, 2.05) is 13.0 Å². The molecular formula is C14H15NO3. The molecule has 1 aromatic carbocycles. The van der Waals surface area contributed by atoms with Gasteiger partial charge in [0.1, 0.15) is 5.75 Å². The van der Waals surface area contributed by atoms with Crippen molar-refractivity contribution < 1.29 is 14.3 Å². The molecule has 94 valence electrons. The number of hydrogen-bond donors (Lipinski definition) is 0. The number of ether oxygens (including phenoxy) is 2. The highest BCUT2D eigenvalue weighted by Gasteiger charge is 2.47. The third kappa shape index (κ3) is 1.87. The molecule has 0 saturated carbocycles. The third-order valence-electron chi connectivity index (χ3n) is 3.26. The predicted octanol–water partition coefficient (Wildman–Crippen LogP) is 1.98. The second-order valence-corrected chi connectivity index (χ2v) is 4.40. The number of rotatable bonds is 4. The molecule has 0 aliphatic carbocycles. The van der Waals surface area contributed by atoms with Crippen molar-refractivity contribution in [1.29, 1.82) is 5.26 Å². The van der Waals surface area contributed by atoms with E-state index >= 15 is 0 Å². The first-order chi connectivity index (χ1) is 8.66. The Morgan fingerprint density at radius 3 is 2.72 bits per heavy atom. The van der Waals surface area contributed by atoms with E-state index in [2.05, 4.69) is 6.07 Å². The number of benzene rings is 1. The number of nitriles is 1. The normalized spacial score (nSPS) is 16.5. The quantitative estimate of drug-likeness (QED) is 0.761. The maximum Gasteiger partial charge on any atom is 0.191 e. The van der Waals surface area contributed by atoms with Crippen LogP contribution in [0.2, 0.25) is 0 Å². The lowest BCUT2D eigenvalue weighted by Gasteiger charge is -2.33. The van der Waals surface area contributed by atoms with Gasteiger partial charge in [0, 0.05) is 0 Å². The van der Waals surface area contributed by atoms with E-state index < -0.39 is 5.41 Å². The lowest BCUT2D eigenvalue weighted by Crippen LogP contribution is -2.48. The molecule has 0 spiro atoms. The fraction of sp³-hybridized carbons (Fsp3) is 0.429. The third-order valence-corrected chi connectivity index (χ3v) is 3.26. The Bertz CT molecular complexity index is 512. The van der Waals surface area contributed by atoms with Crippen LogP contribution in [0, 0.1) is 16.7 Å². The van der Waals surface area contributed by atoms with Gasteiger partial charge in [-0.25, -0.2) is 0 Å². The van der Waals surface area contributed by atoms with Gasteiger partial charge in [0.15, 0.2) is 11.2 Å². The van der Waals surface area contributed by atoms with Gasteiger partial charge in [-0.05, 0) is 24.1 Å². The van der Waals surface area contributed by atoms with E-state index in [0.29, 0.717) is 11.3 Å². The summed E-state index contributed by atoms with van der Waals surface area (Å²) in [6.07, 6.45) is 0.834. The fourth-order valence-electron chi connectivity index (χ4n) is 1.96. The van der Waals surface area contributed by atoms with Gasteiger partial charge in [-0.15, -0.1) is 0 Å². The zero-order valence-corrected chi connectivity index (χ0v) is 10.5. The van der Waals surface area contributed by atoms with E-state index in [9.17, 15) is 4.79 Å². The summed E-state index contributed by atoms with van der Waals surface area (Å²) in [5.74, 6) is 0.308. The molecule has 1 fully saturated rings. The van der Waals surface area contributed by atoms with Gasteiger partial charge in [-0.3, -0.25) is 4.79 Å². The minimum absolute atomic E-state index is 0.168. The maximum atomic E-state index is 12.4. The number of nitrogens with zero attached hydrogens (tertiary/aromatic N) is 1. The van der Waals surface area contributed by atoms with Gasteiger partial charge in [0.05, 0.1) is 32.0 Å². The van der Waals surface area contributed by atoms with E-state index in [4.69, 9.17) is 14.7 Å². The largest absolute Gasteiger partial charge is 0.496 e. The Balaban J connectivity index is 2.43. The van der Waals surface area contributed by atoms with Crippen LogP contribution in [0.15, 0.2) is 18.2 Å². The van der Waals surface area contributed by atoms with Crippen LogP contribution in [-0.4, -0.2) is 26.1 Å². The average molecular weight is 245 g/mol. The molecule has 2 rings (SSSR count). The number of hydrogen-bond acceptors (Lipinski definition) is 4. The molecule has 18 heavy (non-hydrogen) atoms. The molecule has 0 unspecified atom stereocenters. The summed E-state index contributed by atoms with van der Waals surface area (Å²) in [5.41, 5.74) is 0.494. The predicted molar refractivity (Wildman–Crippen MR) is 65.6 cm³/mol. The van der Waals surface area contributed by atoms with Crippen LogP contribution in [-0.2, 0) is 11.2 Å². The maximum absolute atomic E-state index is 12.4. The summed E-state index contributed by atoms with van der Waals surface area (Å²) >= 11 is 0. The smallest absolute Gasteiger partial charge is 0.191 e. The second kappa shape index (κ2) is 4.79. The highest BCUT2D eigenvalue weighted by atomic mass is 16.5. The second-order valence-electron chi connectivity index (χ2n) is 4.40. The lowest BCUT2D eigenvalue weighted by atomic mass is 9.79. The molecule has 1 saturated heterocycles. The van der Waals surface area contributed by atoms with Crippen LogP contribution in [0.5, 0.6) is 5.75 Å². The first-order valence-corrected chi connectivity index (χ1v) is 5.87. The lowest BCUT2D eigenvalue weighted by molar-refractivity contribution is -0.0567. The number of carbonyl (C=O) groups is 1. The van der Waals surface area contributed by atoms with Crippen LogP contribution in [0.25, 0.3) is 0 Å². The molecule has 0 bridgehead atoms. The molecule has 0 N–H and O–H groups in total. The summed E-state index contributed by atoms with van der Waals surface area (Å²) in [5, 5.41) is 9.17. The summed E-state index contributed by atoms with van der Waals surface area (Å²) < 4.78 is 10.2. The molecule has 0 atom stereocenters. The molecule has 1 aliphatic heterocycles. The minimum atomic E-state index is -1.03. The van der Waals surface area contributed by atoms with E-state index in [1.165, 1.54) is 7.11 Å². The SMILES string of the molecule is CCc1ccc(OC)c(C(=O)C2(C#N)COC2)c1. The monoisotopic (exact) mass is 245 g/mol. The summed E-state index contributed by atoms with van der Waals surface area (Å²) in [4.78, 5) is 12.4. The van der Waals surface area contributed by atoms with Crippen molar-refractivity contribution in [3.63, 3.8) is 0 Å². The number of ketones is 1. The molecule has 0 amide bonds. The molecule has 1 aliphatic rings. The zero-order valence-electron chi connectivity index (χ0n) is 10.5. The van der Waals surface area contributed by atoms with E-state index in [1.54, 1.807) is 12.1 Å². The van der Waals surface area contributed by atoms with Crippen molar-refractivity contribution in [2.45, 2.75) is 13.3 Å². The van der Waals surface area contributed by atoms with Crippen molar-refractivity contribution in [3.05, 3.63) is 29.3 Å². The highest BCUT2D eigenvalue weighted by molar-refractivity contribution is 6.05. The standard InChI is InChI=1S/C14H15NO3/c1-3-10-4-5-12(17-2)11(6-10)13(16)14(7-15)8-18-9-14/h4-6H,3,8-9H2,1-2H3. The van der Waals surface area contributed by atoms with E-state index in [0.717, 1.165) is 12.0 Å². The number of Topliss-reactive ketones (excluding diaryl/α,β-unsaturated/α-hetero) is 1. The van der Waals surface area contributed by atoms with Gasteiger partial charge in [-0.2, -0.15) is 5.26 Å². The Labute approximate surface area is 106 Å². The number of aryl methyl sites for hydroxylation is 1. The average Bonchev–Trinajstić information content (AvgIpc) is 2.37. The molecule has 4 nitrogen and oxygen atoms in total. The molecule has 0 aromatic heterocycles. The first kappa shape index (κ1) is 12.6. The van der Waals surface area contributed by atoms with Crippen molar-refractivity contribution >= 4 is 5.78 Å². The molecule has 4 heteroatoms. The molecule has 0 radical (unpaired) electrons. The Hall–Kier alpha value is -1.86. The van der Waals surface area contributed by atoms with Crippen LogP contribution in [0.1, 0.15) is 22.8 Å². The molecule has 1 aromatic rings. The Morgan fingerprint density at radius 2 is 2.28 bits per heavy atom. The van der Waals surface area contributed by atoms with Gasteiger partial charge in [0.2, 0.25) is 0 Å². The number of methoxy groups -OCH3 is 1. The van der Waals surface area contributed by atoms with Crippen LogP contribution < -0.4 is 4.74 Å². The van der Waals surface area contributed by atoms with E-state index in [-0.39, 0.29) is 19.0 Å². The highest BCUT2D eigenvalue weighted by Crippen LogP contribution is 2.34. The van der Waals surface area contributed by atoms with Gasteiger partial charge >= 0.3 is 0 Å².